The van der Waals surface area contributed by atoms with Gasteiger partial charge in [0.15, 0.2) is 23.8 Å². The second-order valence-electron chi connectivity index (χ2n) is 4.62. The average molecular weight is 310 g/mol. The first-order valence-corrected chi connectivity index (χ1v) is 6.19. The van der Waals surface area contributed by atoms with E-state index < -0.39 is 43.2 Å². The number of rotatable bonds is 3. The predicted octanol–water partition coefficient (Wildman–Crippen LogP) is 0.989. The van der Waals surface area contributed by atoms with E-state index in [2.05, 4.69) is 4.98 Å². The van der Waals surface area contributed by atoms with Crippen molar-refractivity contribution >= 4 is 12.2 Å². The van der Waals surface area contributed by atoms with Gasteiger partial charge in [-0.15, -0.1) is 0 Å². The SMILES string of the molecule is Cc1nc(=S)n([C@@H]2O[C@@](CO)(CF)C(O)[C@@H]2F)cc1F. The van der Waals surface area contributed by atoms with Gasteiger partial charge >= 0.3 is 0 Å². The van der Waals surface area contributed by atoms with Gasteiger partial charge in [0.25, 0.3) is 0 Å². The van der Waals surface area contributed by atoms with Crippen molar-refractivity contribution in [1.82, 2.24) is 9.55 Å². The lowest BCUT2D eigenvalue weighted by Crippen LogP contribution is -2.47. The van der Waals surface area contributed by atoms with E-state index in [9.17, 15) is 18.3 Å². The molecule has 112 valence electrons. The van der Waals surface area contributed by atoms with Crippen LogP contribution in [0.2, 0.25) is 0 Å². The lowest BCUT2D eigenvalue weighted by molar-refractivity contribution is -0.138. The molecule has 0 radical (unpaired) electrons. The minimum Gasteiger partial charge on any atom is -0.393 e. The summed E-state index contributed by atoms with van der Waals surface area (Å²) in [6, 6.07) is 0. The minimum absolute atomic E-state index is 0.0270. The number of hydrogen-bond donors (Lipinski definition) is 2. The molecule has 1 aliphatic rings. The van der Waals surface area contributed by atoms with Crippen molar-refractivity contribution in [2.45, 2.75) is 31.0 Å². The summed E-state index contributed by atoms with van der Waals surface area (Å²) in [5, 5.41) is 18.8. The average Bonchev–Trinajstić information content (AvgIpc) is 2.68. The van der Waals surface area contributed by atoms with Crippen molar-refractivity contribution in [3.63, 3.8) is 0 Å². The van der Waals surface area contributed by atoms with Gasteiger partial charge in [0, 0.05) is 6.20 Å². The molecule has 0 amide bonds. The monoisotopic (exact) mass is 310 g/mol. The number of alkyl halides is 2. The first-order chi connectivity index (χ1) is 9.36. The maximum atomic E-state index is 14.1. The highest BCUT2D eigenvalue weighted by Crippen LogP contribution is 2.39. The molecule has 2 rings (SSSR count). The number of aliphatic hydroxyl groups excluding tert-OH is 2. The van der Waals surface area contributed by atoms with Crippen LogP contribution in [0.1, 0.15) is 11.9 Å². The van der Waals surface area contributed by atoms with Crippen molar-refractivity contribution in [3.8, 4) is 0 Å². The molecule has 0 spiro atoms. The zero-order chi connectivity index (χ0) is 15.1. The largest absolute Gasteiger partial charge is 0.393 e. The maximum absolute atomic E-state index is 14.1. The highest BCUT2D eigenvalue weighted by molar-refractivity contribution is 7.71. The summed E-state index contributed by atoms with van der Waals surface area (Å²) in [4.78, 5) is 3.69. The molecule has 4 atom stereocenters. The van der Waals surface area contributed by atoms with Crippen molar-refractivity contribution in [3.05, 3.63) is 22.5 Å². The molecule has 5 nitrogen and oxygen atoms in total. The molecular formula is C11H13F3N2O3S. The van der Waals surface area contributed by atoms with Gasteiger partial charge in [-0.1, -0.05) is 0 Å². The fourth-order valence-electron chi connectivity index (χ4n) is 2.02. The number of aliphatic hydroxyl groups is 2. The highest BCUT2D eigenvalue weighted by atomic mass is 32.1. The zero-order valence-corrected chi connectivity index (χ0v) is 11.3. The summed E-state index contributed by atoms with van der Waals surface area (Å²) >= 11 is 4.88. The molecule has 0 saturated carbocycles. The standard InChI is InChI=1S/C11H13F3N2O3S/c1-5-6(13)2-16(10(20)15-5)9-7(14)8(18)11(3-12,4-17)19-9/h2,7-9,17-18H,3-4H2,1H3/t7-,8?,9+,11+/m0/s1. The Morgan fingerprint density at radius 2 is 2.25 bits per heavy atom. The lowest BCUT2D eigenvalue weighted by atomic mass is 9.98. The van der Waals surface area contributed by atoms with Gasteiger partial charge in [-0.2, -0.15) is 0 Å². The van der Waals surface area contributed by atoms with E-state index >= 15 is 0 Å². The van der Waals surface area contributed by atoms with E-state index in [1.165, 1.54) is 6.92 Å². The van der Waals surface area contributed by atoms with Crippen LogP contribution in [0.3, 0.4) is 0 Å². The van der Waals surface area contributed by atoms with Crippen LogP contribution in [0.4, 0.5) is 13.2 Å². The molecule has 1 aliphatic heterocycles. The second-order valence-corrected chi connectivity index (χ2v) is 4.98. The number of aromatic nitrogens is 2. The van der Waals surface area contributed by atoms with E-state index in [0.29, 0.717) is 0 Å². The molecule has 1 fully saturated rings. The number of halogens is 3. The Kier molecular flexibility index (Phi) is 4.14. The Hall–Kier alpha value is -1.03. The fourth-order valence-corrected chi connectivity index (χ4v) is 2.32. The minimum atomic E-state index is -2.08. The van der Waals surface area contributed by atoms with Crippen LogP contribution in [0.5, 0.6) is 0 Å². The van der Waals surface area contributed by atoms with Gasteiger partial charge in [0.05, 0.1) is 12.3 Å². The number of ether oxygens (including phenoxy) is 1. The first-order valence-electron chi connectivity index (χ1n) is 5.78. The Labute approximate surface area is 117 Å². The predicted molar refractivity (Wildman–Crippen MR) is 64.6 cm³/mol. The van der Waals surface area contributed by atoms with Crippen LogP contribution in [0, 0.1) is 17.5 Å². The van der Waals surface area contributed by atoms with E-state index in [-0.39, 0.29) is 10.5 Å². The number of aryl methyl sites for hydroxylation is 1. The Bertz CT molecular complexity index is 564. The smallest absolute Gasteiger partial charge is 0.202 e. The van der Waals surface area contributed by atoms with Gasteiger partial charge in [0.2, 0.25) is 4.77 Å². The molecule has 1 aromatic heterocycles. The van der Waals surface area contributed by atoms with Gasteiger partial charge in [-0.05, 0) is 19.1 Å². The van der Waals surface area contributed by atoms with Crippen LogP contribution in [0.15, 0.2) is 6.20 Å². The van der Waals surface area contributed by atoms with Gasteiger partial charge in [-0.3, -0.25) is 4.57 Å². The van der Waals surface area contributed by atoms with E-state index in [4.69, 9.17) is 22.1 Å². The second kappa shape index (κ2) is 5.40. The number of hydrogen-bond acceptors (Lipinski definition) is 5. The third-order valence-electron chi connectivity index (χ3n) is 3.32. The molecule has 1 aromatic rings. The summed E-state index contributed by atoms with van der Waals surface area (Å²) in [6.45, 7) is -0.834. The zero-order valence-electron chi connectivity index (χ0n) is 10.5. The fraction of sp³-hybridized carbons (Fsp3) is 0.636. The van der Waals surface area contributed by atoms with Crippen LogP contribution in [-0.2, 0) is 4.74 Å². The molecule has 1 saturated heterocycles. The van der Waals surface area contributed by atoms with Crippen molar-refractivity contribution in [2.24, 2.45) is 0 Å². The summed E-state index contributed by atoms with van der Waals surface area (Å²) in [6.07, 6.45) is -4.65. The van der Waals surface area contributed by atoms with Crippen molar-refractivity contribution in [2.75, 3.05) is 13.3 Å². The summed E-state index contributed by atoms with van der Waals surface area (Å²) < 4.78 is 46.3. The highest BCUT2D eigenvalue weighted by Gasteiger charge is 2.56. The molecule has 2 N–H and O–H groups in total. The number of nitrogens with zero attached hydrogens (tertiary/aromatic N) is 2. The topological polar surface area (TPSA) is 67.5 Å². The molecule has 2 heterocycles. The Morgan fingerprint density at radius 1 is 1.60 bits per heavy atom. The molecule has 0 aliphatic carbocycles. The summed E-state index contributed by atoms with van der Waals surface area (Å²) in [7, 11) is 0. The first kappa shape index (κ1) is 15.4. The molecule has 20 heavy (non-hydrogen) atoms. The Morgan fingerprint density at radius 3 is 2.75 bits per heavy atom. The maximum Gasteiger partial charge on any atom is 0.202 e. The van der Waals surface area contributed by atoms with Gasteiger partial charge in [0.1, 0.15) is 12.8 Å². The van der Waals surface area contributed by atoms with Crippen molar-refractivity contribution in [1.29, 1.82) is 0 Å². The molecule has 0 bridgehead atoms. The third-order valence-corrected chi connectivity index (χ3v) is 3.62. The molecule has 9 heteroatoms. The molecule has 1 unspecified atom stereocenters. The van der Waals surface area contributed by atoms with E-state index in [0.717, 1.165) is 10.8 Å². The lowest BCUT2D eigenvalue weighted by Gasteiger charge is -2.26. The third kappa shape index (κ3) is 2.24. The van der Waals surface area contributed by atoms with Crippen LogP contribution < -0.4 is 0 Å². The van der Waals surface area contributed by atoms with E-state index in [1.807, 2.05) is 0 Å². The summed E-state index contributed by atoms with van der Waals surface area (Å²) in [5.74, 6) is -0.745. The molecule has 0 aromatic carbocycles. The summed E-state index contributed by atoms with van der Waals surface area (Å²) in [5.41, 5.74) is -2.06. The van der Waals surface area contributed by atoms with E-state index in [1.54, 1.807) is 0 Å². The molecular weight excluding hydrogens is 297 g/mol. The van der Waals surface area contributed by atoms with Crippen LogP contribution in [0.25, 0.3) is 0 Å². The Balaban J connectivity index is 2.45. The van der Waals surface area contributed by atoms with Crippen LogP contribution >= 0.6 is 12.2 Å². The van der Waals surface area contributed by atoms with Gasteiger partial charge < -0.3 is 14.9 Å². The normalized spacial score (nSPS) is 33.6. The van der Waals surface area contributed by atoms with Crippen molar-refractivity contribution < 1.29 is 28.1 Å². The quantitative estimate of drug-likeness (QED) is 0.815. The van der Waals surface area contributed by atoms with Crippen LogP contribution in [-0.4, -0.2) is 50.9 Å². The van der Waals surface area contributed by atoms with Gasteiger partial charge in [-0.25, -0.2) is 18.2 Å².